The molecule has 1 heterocycles. The Bertz CT molecular complexity index is 419. The number of carboxylic acids is 1. The third-order valence-electron chi connectivity index (χ3n) is 3.01. The summed E-state index contributed by atoms with van der Waals surface area (Å²) in [4.78, 5) is 16.1. The van der Waals surface area contributed by atoms with Crippen molar-refractivity contribution in [2.75, 3.05) is 0 Å². The molecule has 1 N–H and O–H groups in total. The molecular formula is C12H17NO2S. The fourth-order valence-electron chi connectivity index (χ4n) is 1.70. The van der Waals surface area contributed by atoms with Crippen molar-refractivity contribution in [3.63, 3.8) is 0 Å². The minimum absolute atomic E-state index is 0.171. The van der Waals surface area contributed by atoms with Gasteiger partial charge in [0.05, 0.1) is 10.7 Å². The largest absolute Gasteiger partial charge is 0.477 e. The van der Waals surface area contributed by atoms with E-state index < -0.39 is 5.97 Å². The molecule has 4 heteroatoms. The summed E-state index contributed by atoms with van der Waals surface area (Å²) >= 11 is 1.37. The Morgan fingerprint density at radius 3 is 2.62 bits per heavy atom. The number of aromatic carboxylic acids is 1. The lowest BCUT2D eigenvalue weighted by atomic mass is 10.1. The van der Waals surface area contributed by atoms with Crippen molar-refractivity contribution in [3.05, 3.63) is 15.6 Å². The van der Waals surface area contributed by atoms with Gasteiger partial charge in [-0.1, -0.05) is 20.8 Å². The lowest BCUT2D eigenvalue weighted by Gasteiger charge is -2.02. The summed E-state index contributed by atoms with van der Waals surface area (Å²) in [6.45, 7) is 6.34. The molecule has 1 saturated carbocycles. The second-order valence-electron chi connectivity index (χ2n) is 5.26. The van der Waals surface area contributed by atoms with Crippen LogP contribution in [-0.2, 0) is 11.8 Å². The molecule has 1 aromatic heterocycles. The molecule has 1 aliphatic carbocycles. The normalized spacial score (nSPS) is 17.8. The number of hydrogen-bond acceptors (Lipinski definition) is 3. The maximum atomic E-state index is 11.1. The number of thiazole rings is 1. The minimum Gasteiger partial charge on any atom is -0.477 e. The molecule has 2 rings (SSSR count). The van der Waals surface area contributed by atoms with Crippen LogP contribution in [0, 0.1) is 5.92 Å². The molecule has 0 aromatic carbocycles. The SMILES string of the molecule is CC(C)Cc1nc(C2(C)CC2)sc1C(=O)O. The van der Waals surface area contributed by atoms with Gasteiger partial charge in [0.1, 0.15) is 4.88 Å². The van der Waals surface area contributed by atoms with E-state index in [0.717, 1.165) is 30.0 Å². The molecule has 0 aliphatic heterocycles. The van der Waals surface area contributed by atoms with Crippen LogP contribution in [0.5, 0.6) is 0 Å². The van der Waals surface area contributed by atoms with E-state index >= 15 is 0 Å². The molecule has 0 unspecified atom stereocenters. The van der Waals surface area contributed by atoms with Gasteiger partial charge in [0, 0.05) is 5.41 Å². The number of aromatic nitrogens is 1. The summed E-state index contributed by atoms with van der Waals surface area (Å²) in [6.07, 6.45) is 3.04. The van der Waals surface area contributed by atoms with Gasteiger partial charge < -0.3 is 5.11 Å². The van der Waals surface area contributed by atoms with Crippen LogP contribution in [-0.4, -0.2) is 16.1 Å². The third-order valence-corrected chi connectivity index (χ3v) is 4.40. The van der Waals surface area contributed by atoms with E-state index in [2.05, 4.69) is 25.8 Å². The molecule has 0 atom stereocenters. The zero-order valence-electron chi connectivity index (χ0n) is 9.91. The first-order chi connectivity index (χ1) is 7.42. The molecular weight excluding hydrogens is 222 g/mol. The molecule has 88 valence electrons. The summed E-state index contributed by atoms with van der Waals surface area (Å²) in [5, 5.41) is 10.2. The van der Waals surface area contributed by atoms with Gasteiger partial charge >= 0.3 is 5.97 Å². The highest BCUT2D eigenvalue weighted by molar-refractivity contribution is 7.13. The van der Waals surface area contributed by atoms with Crippen LogP contribution in [0.15, 0.2) is 0 Å². The summed E-state index contributed by atoms with van der Waals surface area (Å²) in [6, 6.07) is 0. The van der Waals surface area contributed by atoms with Gasteiger partial charge in [-0.25, -0.2) is 9.78 Å². The minimum atomic E-state index is -0.830. The van der Waals surface area contributed by atoms with Gasteiger partial charge in [-0.05, 0) is 25.2 Å². The predicted octanol–water partition coefficient (Wildman–Crippen LogP) is 3.09. The maximum Gasteiger partial charge on any atom is 0.347 e. The molecule has 16 heavy (non-hydrogen) atoms. The van der Waals surface area contributed by atoms with Crippen LogP contribution in [0.2, 0.25) is 0 Å². The molecule has 3 nitrogen and oxygen atoms in total. The average molecular weight is 239 g/mol. The van der Waals surface area contributed by atoms with Gasteiger partial charge in [0.25, 0.3) is 0 Å². The topological polar surface area (TPSA) is 50.2 Å². The van der Waals surface area contributed by atoms with Crippen molar-refractivity contribution < 1.29 is 9.90 Å². The zero-order chi connectivity index (χ0) is 11.9. The first-order valence-electron chi connectivity index (χ1n) is 5.66. The van der Waals surface area contributed by atoms with Crippen molar-refractivity contribution in [2.24, 2.45) is 5.92 Å². The molecule has 1 aromatic rings. The Morgan fingerprint density at radius 2 is 2.19 bits per heavy atom. The van der Waals surface area contributed by atoms with Gasteiger partial charge in [0.15, 0.2) is 0 Å². The summed E-state index contributed by atoms with van der Waals surface area (Å²) < 4.78 is 0. The van der Waals surface area contributed by atoms with E-state index in [0.29, 0.717) is 10.8 Å². The van der Waals surface area contributed by atoms with Crippen LogP contribution in [0.4, 0.5) is 0 Å². The zero-order valence-corrected chi connectivity index (χ0v) is 10.7. The molecule has 0 bridgehead atoms. The molecule has 1 aliphatic rings. The fraction of sp³-hybridized carbons (Fsp3) is 0.667. The van der Waals surface area contributed by atoms with E-state index in [1.807, 2.05) is 0 Å². The van der Waals surface area contributed by atoms with Gasteiger partial charge in [-0.3, -0.25) is 0 Å². The summed E-state index contributed by atoms with van der Waals surface area (Å²) in [7, 11) is 0. The molecule has 0 saturated heterocycles. The number of hydrogen-bond donors (Lipinski definition) is 1. The van der Waals surface area contributed by atoms with Gasteiger partial charge in [-0.15, -0.1) is 11.3 Å². The predicted molar refractivity (Wildman–Crippen MR) is 64.2 cm³/mol. The Hall–Kier alpha value is -0.900. The van der Waals surface area contributed by atoms with Crippen LogP contribution in [0.25, 0.3) is 0 Å². The standard InChI is InChI=1S/C12H17NO2S/c1-7(2)6-8-9(10(14)15)16-11(13-8)12(3)4-5-12/h7H,4-6H2,1-3H3,(H,14,15). The van der Waals surface area contributed by atoms with Gasteiger partial charge in [-0.2, -0.15) is 0 Å². The van der Waals surface area contributed by atoms with Crippen molar-refractivity contribution in [1.82, 2.24) is 4.98 Å². The number of carbonyl (C=O) groups is 1. The highest BCUT2D eigenvalue weighted by Gasteiger charge is 2.42. The van der Waals surface area contributed by atoms with Crippen molar-refractivity contribution in [2.45, 2.75) is 45.4 Å². The Balaban J connectivity index is 2.34. The number of nitrogens with zero attached hydrogens (tertiary/aromatic N) is 1. The van der Waals surface area contributed by atoms with E-state index in [9.17, 15) is 4.79 Å². The highest BCUT2D eigenvalue weighted by Crippen LogP contribution is 2.49. The van der Waals surface area contributed by atoms with Crippen molar-refractivity contribution >= 4 is 17.3 Å². The van der Waals surface area contributed by atoms with E-state index in [-0.39, 0.29) is 5.41 Å². The maximum absolute atomic E-state index is 11.1. The van der Waals surface area contributed by atoms with Crippen LogP contribution in [0.1, 0.15) is 54.0 Å². The lowest BCUT2D eigenvalue weighted by Crippen LogP contribution is -2.03. The second-order valence-corrected chi connectivity index (χ2v) is 6.26. The third kappa shape index (κ3) is 2.12. The highest BCUT2D eigenvalue weighted by atomic mass is 32.1. The lowest BCUT2D eigenvalue weighted by molar-refractivity contribution is 0.0700. The number of rotatable bonds is 4. The molecule has 1 fully saturated rings. The molecule has 0 spiro atoms. The Labute approximate surface area is 99.5 Å². The van der Waals surface area contributed by atoms with Crippen molar-refractivity contribution in [1.29, 1.82) is 0 Å². The van der Waals surface area contributed by atoms with Crippen LogP contribution >= 0.6 is 11.3 Å². The Kier molecular flexibility index (Phi) is 2.78. The Morgan fingerprint density at radius 1 is 1.56 bits per heavy atom. The van der Waals surface area contributed by atoms with E-state index in [1.54, 1.807) is 0 Å². The molecule has 0 radical (unpaired) electrons. The smallest absolute Gasteiger partial charge is 0.347 e. The molecule has 0 amide bonds. The summed E-state index contributed by atoms with van der Waals surface area (Å²) in [5.74, 6) is -0.385. The van der Waals surface area contributed by atoms with Crippen LogP contribution < -0.4 is 0 Å². The number of carboxylic acid groups (broad SMARTS) is 1. The van der Waals surface area contributed by atoms with E-state index in [4.69, 9.17) is 5.11 Å². The first-order valence-corrected chi connectivity index (χ1v) is 6.47. The average Bonchev–Trinajstić information content (AvgIpc) is 2.77. The second kappa shape index (κ2) is 3.84. The fourth-order valence-corrected chi connectivity index (χ4v) is 2.84. The van der Waals surface area contributed by atoms with Crippen LogP contribution in [0.3, 0.4) is 0 Å². The summed E-state index contributed by atoms with van der Waals surface area (Å²) in [5.41, 5.74) is 0.944. The first kappa shape index (κ1) is 11.6. The quantitative estimate of drug-likeness (QED) is 0.878. The van der Waals surface area contributed by atoms with Crippen molar-refractivity contribution in [3.8, 4) is 0 Å². The van der Waals surface area contributed by atoms with Gasteiger partial charge in [0.2, 0.25) is 0 Å². The monoisotopic (exact) mass is 239 g/mol. The van der Waals surface area contributed by atoms with E-state index in [1.165, 1.54) is 11.3 Å².